The van der Waals surface area contributed by atoms with Crippen LogP contribution in [0.1, 0.15) is 46.5 Å². The first-order chi connectivity index (χ1) is 25.1. The number of amides is 4. The van der Waals surface area contributed by atoms with Crippen molar-refractivity contribution < 1.29 is 42.2 Å². The zero-order valence-corrected chi connectivity index (χ0v) is 30.9. The van der Waals surface area contributed by atoms with Crippen LogP contribution in [0.25, 0.3) is 22.2 Å². The molecule has 2 saturated carbocycles. The Bertz CT molecular complexity index is 2050. The van der Waals surface area contributed by atoms with E-state index in [0.717, 1.165) is 5.56 Å². The number of rotatable bonds is 13. The molecule has 14 nitrogen and oxygen atoms in total. The van der Waals surface area contributed by atoms with E-state index in [0.29, 0.717) is 40.9 Å². The van der Waals surface area contributed by atoms with E-state index in [4.69, 9.17) is 14.5 Å². The Morgan fingerprint density at radius 2 is 1.83 bits per heavy atom. The van der Waals surface area contributed by atoms with Gasteiger partial charge in [0.05, 0.1) is 30.1 Å². The van der Waals surface area contributed by atoms with E-state index in [1.54, 1.807) is 46.1 Å². The van der Waals surface area contributed by atoms with Crippen molar-refractivity contribution in [2.45, 2.75) is 75.4 Å². The van der Waals surface area contributed by atoms with E-state index in [1.807, 2.05) is 36.4 Å². The fourth-order valence-electron chi connectivity index (χ4n) is 6.75. The second-order valence-electron chi connectivity index (χ2n) is 14.9. The number of nitrogens with zero attached hydrogens (tertiary/aromatic N) is 2. The number of benzene rings is 2. The number of aromatic nitrogens is 1. The molecule has 4 amide bonds. The zero-order valence-electron chi connectivity index (χ0n) is 30.1. The van der Waals surface area contributed by atoms with Gasteiger partial charge < -0.3 is 30.1 Å². The molecule has 4 N–H and O–H groups in total. The average molecular weight is 748 g/mol. The summed E-state index contributed by atoms with van der Waals surface area (Å²) in [6.45, 7) is 8.08. The van der Waals surface area contributed by atoms with E-state index in [-0.39, 0.29) is 19.4 Å². The number of aliphatic hydroxyl groups is 1. The molecule has 15 heteroatoms. The summed E-state index contributed by atoms with van der Waals surface area (Å²) in [6, 6.07) is 14.4. The van der Waals surface area contributed by atoms with Crippen molar-refractivity contribution in [2.24, 2.45) is 11.3 Å². The Labute approximate surface area is 308 Å². The van der Waals surface area contributed by atoms with Gasteiger partial charge in [0.15, 0.2) is 0 Å². The molecule has 1 aliphatic heterocycles. The van der Waals surface area contributed by atoms with E-state index in [2.05, 4.69) is 21.9 Å². The second kappa shape index (κ2) is 14.4. The van der Waals surface area contributed by atoms with Crippen LogP contribution in [-0.4, -0.2) is 96.3 Å². The van der Waals surface area contributed by atoms with Gasteiger partial charge in [-0.15, -0.1) is 6.58 Å². The first-order valence-corrected chi connectivity index (χ1v) is 19.1. The van der Waals surface area contributed by atoms with Gasteiger partial charge in [-0.05, 0) is 36.8 Å². The quantitative estimate of drug-likeness (QED) is 0.189. The number of carbonyl (C=O) groups excluding carboxylic acids is 4. The summed E-state index contributed by atoms with van der Waals surface area (Å²) in [5.74, 6) is -2.41. The Balaban J connectivity index is 1.34. The smallest absolute Gasteiger partial charge is 0.259 e. The fraction of sp³-hybridized carbons (Fsp3) is 0.447. The summed E-state index contributed by atoms with van der Waals surface area (Å²) in [7, 11) is -2.36. The lowest BCUT2D eigenvalue weighted by atomic mass is 9.85. The predicted octanol–water partition coefficient (Wildman–Crippen LogP) is 2.45. The van der Waals surface area contributed by atoms with Crippen LogP contribution >= 0.6 is 0 Å². The Hall–Kier alpha value is -5.02. The lowest BCUT2D eigenvalue weighted by Crippen LogP contribution is -2.60. The molecule has 3 fully saturated rings. The summed E-state index contributed by atoms with van der Waals surface area (Å²) in [6.07, 6.45) is 1.77. The first kappa shape index (κ1) is 37.7. The number of carbonyl (C=O) groups is 4. The van der Waals surface area contributed by atoms with E-state index in [9.17, 15) is 32.7 Å². The summed E-state index contributed by atoms with van der Waals surface area (Å²) in [5, 5.41) is 14.9. The molecule has 2 aliphatic carbocycles. The van der Waals surface area contributed by atoms with Gasteiger partial charge in [0.1, 0.15) is 41.8 Å². The molecule has 3 aliphatic rings. The van der Waals surface area contributed by atoms with Gasteiger partial charge in [-0.3, -0.25) is 23.9 Å². The van der Waals surface area contributed by atoms with E-state index in [1.165, 1.54) is 11.0 Å². The lowest BCUT2D eigenvalue weighted by molar-refractivity contribution is -0.145. The maximum atomic E-state index is 14.4. The fourth-order valence-corrected chi connectivity index (χ4v) is 8.12. The summed E-state index contributed by atoms with van der Waals surface area (Å²) in [5.41, 5.74) is -0.356. The molecular formula is C38H45N5O9S. The monoisotopic (exact) mass is 747 g/mol. The zero-order chi connectivity index (χ0) is 38.3. The topological polar surface area (TPSA) is 193 Å². The largest absolute Gasteiger partial charge is 0.497 e. The third-order valence-corrected chi connectivity index (χ3v) is 11.8. The summed E-state index contributed by atoms with van der Waals surface area (Å²) < 4.78 is 39.6. The molecule has 1 aromatic heterocycles. The number of fused-ring (bicyclic) bond motifs is 1. The summed E-state index contributed by atoms with van der Waals surface area (Å²) >= 11 is 0. The van der Waals surface area contributed by atoms with Crippen molar-refractivity contribution in [3.63, 3.8) is 0 Å². The predicted molar refractivity (Wildman–Crippen MR) is 196 cm³/mol. The maximum absolute atomic E-state index is 14.4. The average Bonchev–Trinajstić information content (AvgIpc) is 4.06. The second-order valence-corrected chi connectivity index (χ2v) is 16.9. The number of ether oxygens (including phenoxy) is 2. The Morgan fingerprint density at radius 1 is 1.11 bits per heavy atom. The van der Waals surface area contributed by atoms with Crippen LogP contribution in [0.5, 0.6) is 11.5 Å². The third-order valence-electron chi connectivity index (χ3n) is 10.0. The van der Waals surface area contributed by atoms with Gasteiger partial charge in [0.25, 0.3) is 5.91 Å². The van der Waals surface area contributed by atoms with Crippen LogP contribution in [0.3, 0.4) is 0 Å². The highest BCUT2D eigenvalue weighted by molar-refractivity contribution is 7.91. The van der Waals surface area contributed by atoms with Gasteiger partial charge in [0, 0.05) is 35.4 Å². The highest BCUT2D eigenvalue weighted by atomic mass is 32.2. The number of sulfonamides is 1. The molecule has 2 heterocycles. The minimum absolute atomic E-state index is 0.000147. The number of pyridine rings is 1. The standard InChI is InChI=1S/C38H45N5O9S/c1-6-23-19-38(23,36(48)42-53(49,50)26-13-14-26)41-34(46)30-17-25(20-43(30)35(47)33(37(2,3)4)40-32(45)21-44)52-31-18-28(22-10-8-7-9-11-22)39-29-16-24(51-5)12-15-27(29)31/h6-12,15-16,18,23,25-26,30,33,44H,1,13-14,17,19-21H2,2-5H3,(H,40,45)(H,41,46)(H,42,48). The summed E-state index contributed by atoms with van der Waals surface area (Å²) in [4.78, 5) is 60.7. The number of likely N-dealkylation sites (tertiary alicyclic amines) is 1. The van der Waals surface area contributed by atoms with E-state index >= 15 is 0 Å². The van der Waals surface area contributed by atoms with Crippen LogP contribution in [-0.2, 0) is 29.2 Å². The van der Waals surface area contributed by atoms with Crippen molar-refractivity contribution in [3.05, 3.63) is 67.3 Å². The van der Waals surface area contributed by atoms with Gasteiger partial charge in [-0.2, -0.15) is 0 Å². The van der Waals surface area contributed by atoms with Gasteiger partial charge in [-0.25, -0.2) is 13.4 Å². The number of aliphatic hydroxyl groups excluding tert-OH is 1. The SMILES string of the molecule is C=CC1CC1(NC(=O)C1CC(Oc2cc(-c3ccccc3)nc3cc(OC)ccc23)CN1C(=O)C(NC(=O)CO)C(C)(C)C)C(=O)NS(=O)(=O)C1CC1. The van der Waals surface area contributed by atoms with Crippen molar-refractivity contribution in [3.8, 4) is 22.8 Å². The van der Waals surface area contributed by atoms with Crippen LogP contribution in [0, 0.1) is 11.3 Å². The Kier molecular flexibility index (Phi) is 10.3. The lowest BCUT2D eigenvalue weighted by Gasteiger charge is -2.35. The molecule has 1 saturated heterocycles. The number of nitrogens with one attached hydrogen (secondary N) is 3. The van der Waals surface area contributed by atoms with Crippen molar-refractivity contribution in [1.82, 2.24) is 25.2 Å². The van der Waals surface area contributed by atoms with Crippen molar-refractivity contribution in [2.75, 3.05) is 20.3 Å². The number of hydrogen-bond donors (Lipinski definition) is 4. The third kappa shape index (κ3) is 7.86. The van der Waals surface area contributed by atoms with E-state index < -0.39 is 80.6 Å². The number of hydrogen-bond acceptors (Lipinski definition) is 10. The van der Waals surface area contributed by atoms with Gasteiger partial charge >= 0.3 is 0 Å². The molecular weight excluding hydrogens is 703 g/mol. The highest BCUT2D eigenvalue weighted by Crippen LogP contribution is 2.46. The molecule has 5 atom stereocenters. The highest BCUT2D eigenvalue weighted by Gasteiger charge is 2.62. The van der Waals surface area contributed by atoms with Crippen molar-refractivity contribution in [1.29, 1.82) is 0 Å². The van der Waals surface area contributed by atoms with Crippen LogP contribution in [0.2, 0.25) is 0 Å². The van der Waals surface area contributed by atoms with Crippen LogP contribution in [0.15, 0.2) is 67.3 Å². The molecule has 282 valence electrons. The molecule has 5 unspecified atom stereocenters. The molecule has 0 spiro atoms. The van der Waals surface area contributed by atoms with Crippen molar-refractivity contribution >= 4 is 44.6 Å². The van der Waals surface area contributed by atoms with Crippen LogP contribution < -0.4 is 24.8 Å². The minimum Gasteiger partial charge on any atom is -0.497 e. The molecule has 0 radical (unpaired) electrons. The van der Waals surface area contributed by atoms with Crippen LogP contribution in [0.4, 0.5) is 0 Å². The van der Waals surface area contributed by atoms with Gasteiger partial charge in [0.2, 0.25) is 27.7 Å². The Morgan fingerprint density at radius 3 is 2.43 bits per heavy atom. The molecule has 3 aromatic rings. The minimum atomic E-state index is -3.91. The maximum Gasteiger partial charge on any atom is 0.259 e. The normalized spacial score (nSPS) is 23.1. The first-order valence-electron chi connectivity index (χ1n) is 17.5. The molecule has 0 bridgehead atoms. The molecule has 6 rings (SSSR count). The molecule has 53 heavy (non-hydrogen) atoms. The van der Waals surface area contributed by atoms with Gasteiger partial charge in [-0.1, -0.05) is 57.2 Å². The number of methoxy groups -OCH3 is 1. The molecule has 2 aromatic carbocycles.